The lowest BCUT2D eigenvalue weighted by atomic mass is 9.95. The number of hydrogen-bond acceptors (Lipinski definition) is 15. The fraction of sp³-hybridized carbons (Fsp3) is 0.537. The van der Waals surface area contributed by atoms with Gasteiger partial charge in [-0.15, -0.1) is 0 Å². The number of unbranched alkanes of at least 4 members (excludes halogenated alkanes) is 2. The highest BCUT2D eigenvalue weighted by atomic mass is 35.5. The van der Waals surface area contributed by atoms with Crippen LogP contribution in [0.25, 0.3) is 10.9 Å². The lowest BCUT2D eigenvalue weighted by Crippen LogP contribution is -3.00. The van der Waals surface area contributed by atoms with Gasteiger partial charge in [-0.25, -0.2) is 4.39 Å². The molecule has 29 nitrogen and oxygen atoms in total. The number of carbonyl (C=O) groups is 12. The van der Waals surface area contributed by atoms with Crippen molar-refractivity contribution < 1.29 is 93.4 Å². The van der Waals surface area contributed by atoms with Crippen molar-refractivity contribution in [1.29, 1.82) is 0 Å². The first-order valence-corrected chi connectivity index (χ1v) is 39.2. The summed E-state index contributed by atoms with van der Waals surface area (Å²) < 4.78 is 30.2. The van der Waals surface area contributed by atoms with Crippen LogP contribution in [0.3, 0.4) is 0 Å². The number of aromatic nitrogens is 1. The maximum atomic E-state index is 16.2. The maximum Gasteiger partial charge on any atom is 0.246 e. The first kappa shape index (κ1) is 86.9. The van der Waals surface area contributed by atoms with E-state index >= 15 is 33.2 Å². The van der Waals surface area contributed by atoms with E-state index in [4.69, 9.17) is 9.47 Å². The van der Waals surface area contributed by atoms with Crippen LogP contribution >= 0.6 is 0 Å². The molecule has 612 valence electrons. The number of carbonyl (C=O) groups excluding carboxylic acids is 12. The molecule has 1 aromatic heterocycles. The molecule has 10 N–H and O–H groups in total. The summed E-state index contributed by atoms with van der Waals surface area (Å²) in [5.41, 5.74) is 2.77. The zero-order chi connectivity index (χ0) is 80.4. The Morgan fingerprint density at radius 1 is 0.690 bits per heavy atom. The van der Waals surface area contributed by atoms with Gasteiger partial charge in [0, 0.05) is 108 Å². The summed E-state index contributed by atoms with van der Waals surface area (Å²) >= 11 is 0. The van der Waals surface area contributed by atoms with E-state index in [-0.39, 0.29) is 102 Å². The van der Waals surface area contributed by atoms with Crippen LogP contribution in [0, 0.1) is 5.82 Å². The van der Waals surface area contributed by atoms with Gasteiger partial charge in [-0.2, -0.15) is 0 Å². The number of aliphatic hydroxyl groups is 1. The van der Waals surface area contributed by atoms with Gasteiger partial charge >= 0.3 is 0 Å². The van der Waals surface area contributed by atoms with E-state index in [0.29, 0.717) is 96.9 Å². The number of ether oxygens (including phenoxy) is 2. The average Bonchev–Trinajstić information content (AvgIpc) is 1.65. The summed E-state index contributed by atoms with van der Waals surface area (Å²) in [6.45, 7) is 4.88. The molecule has 0 spiro atoms. The Labute approximate surface area is 665 Å². The highest BCUT2D eigenvalue weighted by molar-refractivity contribution is 6.00. The summed E-state index contributed by atoms with van der Waals surface area (Å²) in [6.07, 6.45) is 3.06. The standard InChI is InChI=1S/C82H109FN14O15.ClH/c1-51-74(103)91-65(47-86-68(99)19-11-10-14-40-97(4,5)6)76(105)88-62-43-56-17-15-18-57(41-56)46-85-70(101)50-112-67-33-39-95-73(67)78(107)92-72(52(2)98)77(106)90-63(42-54-24-27-60(111-7)28-25-54)80(109)96-38-16-34-82(96,3)81(110)84-35-32-53-20-22-55(23-21-53)48-94(71(102)31-30-69(100)87-51)37-13-9-8-12-36-93-49-58(44-64(79(95)108)89-75(62)104)61-45-59(83)26-29-66(61)93;/h15,17-18,20-29,41,45,49,51-52,62-65,67,72-73,98H,8-14,16,19,30-40,42-44,46-48,50H2,1-7H3,(H8-,84,85,86,87,88,89,90,91,92,99,100,101,103,104,105,106,107,110);1H/t51-,52+,62-,63-,64-,65+,67-,72-,73-,82-;/m0./s1. The SMILES string of the molecule is COc1ccc(C[C@@H]2NC(=O)[C@H]([C@@H](C)O)NC(=O)[C@@H]3[C@@H]4CCN3C(=O)[C@@H]3Cc5cn(c6ccc(F)cc56)CCCCCCN(Cc5ccc(cc5)CCNC(=O)[C@]5(C)CCCN5C2=O)C(=O)CCC(=O)N[C@@H](C)C(=O)N[C@H](CNC(=O)CCCCC[N+](C)(C)C)C(=O)N[C@@H](Cc2cccc(c2)CNC(=O)CO4)C(=O)N3)cc1.[Cl-]. The van der Waals surface area contributed by atoms with E-state index in [0.717, 1.165) is 39.9 Å². The number of nitrogens with one attached hydrogen (secondary N) is 9. The predicted molar refractivity (Wildman–Crippen MR) is 413 cm³/mol. The summed E-state index contributed by atoms with van der Waals surface area (Å²) in [7, 11) is 7.69. The van der Waals surface area contributed by atoms with Gasteiger partial charge < -0.3 is 98.6 Å². The monoisotopic (exact) mass is 1580 g/mol. The second kappa shape index (κ2) is 40.1. The van der Waals surface area contributed by atoms with Crippen molar-refractivity contribution in [1.82, 2.24) is 67.1 Å². The van der Waals surface area contributed by atoms with E-state index in [1.807, 2.05) is 28.8 Å². The minimum atomic E-state index is -1.85. The van der Waals surface area contributed by atoms with E-state index in [9.17, 15) is 33.9 Å². The minimum absolute atomic E-state index is 0. The molecule has 0 saturated carbocycles. The Morgan fingerprint density at radius 3 is 2.14 bits per heavy atom. The summed E-state index contributed by atoms with van der Waals surface area (Å²) in [5, 5.41) is 37.2. The molecule has 113 heavy (non-hydrogen) atoms. The molecule has 11 rings (SSSR count). The molecule has 0 radical (unpaired) electrons. The molecule has 2 saturated heterocycles. The molecule has 12 bridgehead atoms. The fourth-order valence-electron chi connectivity index (χ4n) is 15.3. The second-order valence-corrected chi connectivity index (χ2v) is 31.5. The molecule has 5 aromatic rings. The van der Waals surface area contributed by atoms with Crippen LogP contribution in [-0.4, -0.2) is 234 Å². The van der Waals surface area contributed by atoms with Gasteiger partial charge in [-0.05, 0) is 142 Å². The molecule has 31 heteroatoms. The first-order valence-electron chi connectivity index (χ1n) is 39.2. The Balaban J connectivity index is 0.0000146. The highest BCUT2D eigenvalue weighted by Gasteiger charge is 2.50. The van der Waals surface area contributed by atoms with Gasteiger partial charge in [-0.1, -0.05) is 73.5 Å². The topological polar surface area (TPSA) is 366 Å². The average molecular weight is 1590 g/mol. The summed E-state index contributed by atoms with van der Waals surface area (Å²) in [5.74, 6) is -8.99. The van der Waals surface area contributed by atoms with Crippen LogP contribution in [0.15, 0.2) is 97.2 Å². The number of fused-ring (bicyclic) bond motifs is 16. The molecular formula is C82H110ClFN14O15. The van der Waals surface area contributed by atoms with E-state index < -0.39 is 144 Å². The number of amides is 12. The van der Waals surface area contributed by atoms with Crippen molar-refractivity contribution in [2.24, 2.45) is 0 Å². The Morgan fingerprint density at radius 2 is 1.41 bits per heavy atom. The molecule has 4 aromatic carbocycles. The zero-order valence-electron chi connectivity index (χ0n) is 65.7. The van der Waals surface area contributed by atoms with Crippen molar-refractivity contribution in [3.8, 4) is 5.75 Å². The van der Waals surface area contributed by atoms with Crippen LogP contribution < -0.4 is 65.0 Å². The number of quaternary nitrogens is 1. The normalized spacial score (nSPS) is 24.7. The van der Waals surface area contributed by atoms with Crippen molar-refractivity contribution in [3.05, 3.63) is 136 Å². The first-order chi connectivity index (χ1) is 53.5. The Hall–Kier alpha value is -10.0. The van der Waals surface area contributed by atoms with Gasteiger partial charge in [0.15, 0.2) is 0 Å². The Kier molecular flexibility index (Phi) is 30.9. The highest BCUT2D eigenvalue weighted by Crippen LogP contribution is 2.32. The molecule has 6 aliphatic heterocycles. The number of methoxy groups -OCH3 is 1. The Bertz CT molecular complexity index is 4230. The van der Waals surface area contributed by atoms with Gasteiger partial charge in [0.2, 0.25) is 70.9 Å². The molecule has 2 fully saturated rings. The number of hydrogen-bond donors (Lipinski definition) is 10. The summed E-state index contributed by atoms with van der Waals surface area (Å²) in [4.78, 5) is 183. The fourth-order valence-corrected chi connectivity index (χ4v) is 15.3. The van der Waals surface area contributed by atoms with Gasteiger partial charge in [0.1, 0.15) is 66.0 Å². The van der Waals surface area contributed by atoms with Gasteiger partial charge in [0.05, 0.1) is 47.0 Å². The second-order valence-electron chi connectivity index (χ2n) is 31.5. The van der Waals surface area contributed by atoms with E-state index in [1.54, 1.807) is 72.6 Å². The number of aryl methyl sites for hydroxylation is 1. The third kappa shape index (κ3) is 23.8. The number of nitrogens with zero attached hydrogens (tertiary/aromatic N) is 5. The van der Waals surface area contributed by atoms with Crippen molar-refractivity contribution in [2.75, 3.05) is 74.1 Å². The lowest BCUT2D eigenvalue weighted by Gasteiger charge is -2.37. The smallest absolute Gasteiger partial charge is 0.246 e. The maximum absolute atomic E-state index is 16.2. The molecule has 6 aliphatic rings. The number of aliphatic hydroxyl groups excluding tert-OH is 1. The largest absolute Gasteiger partial charge is 1.00 e. The van der Waals surface area contributed by atoms with Crippen LogP contribution in [0.4, 0.5) is 4.39 Å². The van der Waals surface area contributed by atoms with Crippen LogP contribution in [-0.2, 0) is 108 Å². The molecular weight excluding hydrogens is 1480 g/mol. The number of rotatable bonds is 12. The van der Waals surface area contributed by atoms with Gasteiger partial charge in [-0.3, -0.25) is 57.5 Å². The van der Waals surface area contributed by atoms with E-state index in [2.05, 4.69) is 69.0 Å². The van der Waals surface area contributed by atoms with Gasteiger partial charge in [0.25, 0.3) is 0 Å². The molecule has 0 unspecified atom stereocenters. The zero-order valence-corrected chi connectivity index (χ0v) is 66.4. The molecule has 0 aliphatic carbocycles. The van der Waals surface area contributed by atoms with Crippen molar-refractivity contribution in [3.63, 3.8) is 0 Å². The predicted octanol–water partition coefficient (Wildman–Crippen LogP) is -0.435. The van der Waals surface area contributed by atoms with Crippen LogP contribution in [0.2, 0.25) is 0 Å². The molecule has 12 amide bonds. The van der Waals surface area contributed by atoms with E-state index in [1.165, 1.54) is 38.0 Å². The quantitative estimate of drug-likeness (QED) is 0.0560. The van der Waals surface area contributed by atoms with Crippen LogP contribution in [0.1, 0.15) is 138 Å². The molecule has 10 atom stereocenters. The number of halogens is 2. The van der Waals surface area contributed by atoms with Crippen molar-refractivity contribution in [2.45, 2.75) is 210 Å². The minimum Gasteiger partial charge on any atom is -1.00 e. The summed E-state index contributed by atoms with van der Waals surface area (Å²) in [6, 6.07) is 14.1. The number of benzene rings is 4. The third-order valence-corrected chi connectivity index (χ3v) is 21.7. The van der Waals surface area contributed by atoms with Crippen LogP contribution in [0.5, 0.6) is 5.75 Å². The lowest BCUT2D eigenvalue weighted by molar-refractivity contribution is -0.870. The third-order valence-electron chi connectivity index (χ3n) is 21.7. The van der Waals surface area contributed by atoms with Crippen molar-refractivity contribution >= 4 is 81.8 Å². The molecule has 7 heterocycles.